The minimum atomic E-state index is -0.464. The van der Waals surface area contributed by atoms with Crippen LogP contribution in [0.5, 0.6) is 0 Å². The van der Waals surface area contributed by atoms with E-state index in [0.29, 0.717) is 16.6 Å². The third kappa shape index (κ3) is 3.71. The quantitative estimate of drug-likeness (QED) is 0.620. The van der Waals surface area contributed by atoms with Gasteiger partial charge in [0.2, 0.25) is 0 Å². The van der Waals surface area contributed by atoms with Crippen LogP contribution in [0.3, 0.4) is 0 Å². The number of anilines is 1. The lowest BCUT2D eigenvalue weighted by Gasteiger charge is -2.14. The number of benzene rings is 1. The lowest BCUT2D eigenvalue weighted by atomic mass is 10.2. The van der Waals surface area contributed by atoms with Crippen molar-refractivity contribution in [3.05, 3.63) is 49.4 Å². The second-order valence-corrected chi connectivity index (χ2v) is 6.35. The molecule has 1 atom stereocenters. The van der Waals surface area contributed by atoms with Gasteiger partial charge in [0.15, 0.2) is 0 Å². The van der Waals surface area contributed by atoms with Crippen LogP contribution >= 0.6 is 22.9 Å². The Labute approximate surface area is 132 Å². The topological polar surface area (TPSA) is 68.1 Å². The first kappa shape index (κ1) is 15.7. The van der Waals surface area contributed by atoms with E-state index >= 15 is 0 Å². The molecule has 112 valence electrons. The van der Waals surface area contributed by atoms with E-state index in [4.69, 9.17) is 11.6 Å². The van der Waals surface area contributed by atoms with E-state index in [1.165, 1.54) is 12.1 Å². The molecule has 0 aliphatic rings. The van der Waals surface area contributed by atoms with Crippen LogP contribution in [0.25, 0.3) is 0 Å². The minimum Gasteiger partial charge on any atom is -0.376 e. The lowest BCUT2D eigenvalue weighted by molar-refractivity contribution is -0.384. The average molecular weight is 326 g/mol. The Morgan fingerprint density at radius 2 is 2.10 bits per heavy atom. The van der Waals surface area contributed by atoms with Crippen LogP contribution in [0.4, 0.5) is 11.4 Å². The van der Waals surface area contributed by atoms with E-state index in [2.05, 4.69) is 24.1 Å². The molecule has 0 saturated heterocycles. The summed E-state index contributed by atoms with van der Waals surface area (Å²) in [5, 5.41) is 17.4. The summed E-state index contributed by atoms with van der Waals surface area (Å²) in [5.74, 6) is 0.402. The van der Waals surface area contributed by atoms with Crippen LogP contribution in [-0.2, 0) is 0 Å². The summed E-state index contributed by atoms with van der Waals surface area (Å²) in [6, 6.07) is 4.37. The molecule has 0 saturated carbocycles. The SMILES string of the molecule is CC(C)c1nc(C(C)Nc2ccc([N+](=O)[O-])cc2Cl)cs1. The number of nitrogens with one attached hydrogen (secondary N) is 1. The first-order valence-corrected chi connectivity index (χ1v) is 7.80. The number of thiazole rings is 1. The van der Waals surface area contributed by atoms with Gasteiger partial charge in [0.25, 0.3) is 5.69 Å². The van der Waals surface area contributed by atoms with E-state index in [0.717, 1.165) is 10.7 Å². The fourth-order valence-corrected chi connectivity index (χ4v) is 2.96. The third-order valence-electron chi connectivity index (χ3n) is 3.01. The zero-order valence-electron chi connectivity index (χ0n) is 12.0. The lowest BCUT2D eigenvalue weighted by Crippen LogP contribution is -2.08. The minimum absolute atomic E-state index is 0.0195. The first-order chi connectivity index (χ1) is 9.88. The monoisotopic (exact) mass is 325 g/mol. The highest BCUT2D eigenvalue weighted by molar-refractivity contribution is 7.09. The van der Waals surface area contributed by atoms with Gasteiger partial charge in [0.05, 0.1) is 32.4 Å². The standard InChI is InChI=1S/C14H16ClN3O2S/c1-8(2)14-17-13(7-21-14)9(3)16-12-5-4-10(18(19)20)6-11(12)15/h4-9,16H,1-3H3. The molecule has 0 radical (unpaired) electrons. The van der Waals surface area contributed by atoms with Crippen molar-refractivity contribution in [2.75, 3.05) is 5.32 Å². The van der Waals surface area contributed by atoms with Crippen LogP contribution in [0.1, 0.15) is 43.4 Å². The maximum absolute atomic E-state index is 10.7. The van der Waals surface area contributed by atoms with Gasteiger partial charge < -0.3 is 5.32 Å². The van der Waals surface area contributed by atoms with Crippen molar-refractivity contribution in [3.63, 3.8) is 0 Å². The fourth-order valence-electron chi connectivity index (χ4n) is 1.81. The number of rotatable bonds is 5. The van der Waals surface area contributed by atoms with Gasteiger partial charge in [-0.05, 0) is 13.0 Å². The highest BCUT2D eigenvalue weighted by Crippen LogP contribution is 2.30. The second-order valence-electron chi connectivity index (χ2n) is 5.05. The number of hydrogen-bond donors (Lipinski definition) is 1. The zero-order chi connectivity index (χ0) is 15.6. The smallest absolute Gasteiger partial charge is 0.271 e. The second kappa shape index (κ2) is 6.41. The van der Waals surface area contributed by atoms with Gasteiger partial charge in [-0.15, -0.1) is 11.3 Å². The van der Waals surface area contributed by atoms with Crippen molar-refractivity contribution in [1.82, 2.24) is 4.98 Å². The fraction of sp³-hybridized carbons (Fsp3) is 0.357. The molecule has 0 aliphatic carbocycles. The zero-order valence-corrected chi connectivity index (χ0v) is 13.5. The highest BCUT2D eigenvalue weighted by Gasteiger charge is 2.15. The molecule has 0 bridgehead atoms. The summed E-state index contributed by atoms with van der Waals surface area (Å²) in [6.07, 6.45) is 0. The van der Waals surface area contributed by atoms with Crippen LogP contribution in [0.2, 0.25) is 5.02 Å². The van der Waals surface area contributed by atoms with Crippen LogP contribution in [-0.4, -0.2) is 9.91 Å². The van der Waals surface area contributed by atoms with Crippen LogP contribution in [0, 0.1) is 10.1 Å². The Morgan fingerprint density at radius 1 is 1.38 bits per heavy atom. The molecule has 1 N–H and O–H groups in total. The molecular weight excluding hydrogens is 310 g/mol. The molecule has 1 aromatic carbocycles. The number of nitro benzene ring substituents is 1. The average Bonchev–Trinajstić information content (AvgIpc) is 2.90. The Hall–Kier alpha value is -1.66. The van der Waals surface area contributed by atoms with Crippen molar-refractivity contribution in [3.8, 4) is 0 Å². The van der Waals surface area contributed by atoms with E-state index in [-0.39, 0.29) is 11.7 Å². The molecule has 1 heterocycles. The molecule has 7 heteroatoms. The van der Waals surface area contributed by atoms with Gasteiger partial charge >= 0.3 is 0 Å². The first-order valence-electron chi connectivity index (χ1n) is 6.54. The van der Waals surface area contributed by atoms with Crippen molar-refractivity contribution in [1.29, 1.82) is 0 Å². The Balaban J connectivity index is 2.15. The molecule has 1 aromatic heterocycles. The van der Waals surface area contributed by atoms with Gasteiger partial charge in [-0.1, -0.05) is 25.4 Å². The third-order valence-corrected chi connectivity index (χ3v) is 4.49. The maximum atomic E-state index is 10.7. The predicted octanol–water partition coefficient (Wildman–Crippen LogP) is 5.00. The molecule has 0 amide bonds. The maximum Gasteiger partial charge on any atom is 0.271 e. The molecule has 0 fully saturated rings. The Kier molecular flexibility index (Phi) is 4.80. The molecule has 5 nitrogen and oxygen atoms in total. The Morgan fingerprint density at radius 3 is 2.62 bits per heavy atom. The van der Waals surface area contributed by atoms with Crippen molar-refractivity contribution >= 4 is 34.3 Å². The van der Waals surface area contributed by atoms with E-state index < -0.39 is 4.92 Å². The number of aromatic nitrogens is 1. The summed E-state index contributed by atoms with van der Waals surface area (Å²) in [6.45, 7) is 6.19. The molecule has 0 spiro atoms. The largest absolute Gasteiger partial charge is 0.376 e. The van der Waals surface area contributed by atoms with Gasteiger partial charge in [-0.3, -0.25) is 10.1 Å². The van der Waals surface area contributed by atoms with Crippen molar-refractivity contribution in [2.45, 2.75) is 32.7 Å². The van der Waals surface area contributed by atoms with E-state index in [1.54, 1.807) is 17.4 Å². The van der Waals surface area contributed by atoms with Gasteiger partial charge in [-0.25, -0.2) is 4.98 Å². The van der Waals surface area contributed by atoms with Crippen molar-refractivity contribution < 1.29 is 4.92 Å². The van der Waals surface area contributed by atoms with E-state index in [1.807, 2.05) is 12.3 Å². The number of non-ortho nitro benzene ring substituents is 1. The summed E-state index contributed by atoms with van der Waals surface area (Å²) < 4.78 is 0. The highest BCUT2D eigenvalue weighted by atomic mass is 35.5. The normalized spacial score (nSPS) is 12.4. The number of nitrogens with zero attached hydrogens (tertiary/aromatic N) is 2. The van der Waals surface area contributed by atoms with E-state index in [9.17, 15) is 10.1 Å². The molecule has 2 aromatic rings. The molecule has 2 rings (SSSR count). The molecular formula is C14H16ClN3O2S. The van der Waals surface area contributed by atoms with Crippen LogP contribution in [0.15, 0.2) is 23.6 Å². The summed E-state index contributed by atoms with van der Waals surface area (Å²) in [7, 11) is 0. The molecule has 1 unspecified atom stereocenters. The summed E-state index contributed by atoms with van der Waals surface area (Å²) in [4.78, 5) is 14.8. The van der Waals surface area contributed by atoms with Gasteiger partial charge in [0.1, 0.15) is 0 Å². The van der Waals surface area contributed by atoms with Crippen molar-refractivity contribution in [2.24, 2.45) is 0 Å². The van der Waals surface area contributed by atoms with Crippen LogP contribution < -0.4 is 5.32 Å². The number of nitro groups is 1. The summed E-state index contributed by atoms with van der Waals surface area (Å²) >= 11 is 7.71. The number of halogens is 1. The summed E-state index contributed by atoms with van der Waals surface area (Å²) in [5.41, 5.74) is 1.58. The van der Waals surface area contributed by atoms with Gasteiger partial charge in [0, 0.05) is 23.4 Å². The van der Waals surface area contributed by atoms with Gasteiger partial charge in [-0.2, -0.15) is 0 Å². The predicted molar refractivity (Wildman–Crippen MR) is 86.3 cm³/mol. The molecule has 21 heavy (non-hydrogen) atoms. The Bertz CT molecular complexity index is 657. The number of hydrogen-bond acceptors (Lipinski definition) is 5. The molecule has 0 aliphatic heterocycles.